The molecule has 1 amide bonds. The third-order valence-corrected chi connectivity index (χ3v) is 4.99. The molecule has 3 aromatic rings. The lowest BCUT2D eigenvalue weighted by atomic mass is 10.1. The summed E-state index contributed by atoms with van der Waals surface area (Å²) >= 11 is 0. The number of amides is 1. The van der Waals surface area contributed by atoms with Crippen LogP contribution in [0.4, 0.5) is 8.78 Å². The lowest BCUT2D eigenvalue weighted by Crippen LogP contribution is -2.29. The largest absolute Gasteiger partial charge is 0.338 e. The molecular formula is C20H20F2N4O. The summed E-state index contributed by atoms with van der Waals surface area (Å²) in [7, 11) is 0. The van der Waals surface area contributed by atoms with Gasteiger partial charge in [-0.25, -0.2) is 18.7 Å². The Hall–Kier alpha value is -2.83. The van der Waals surface area contributed by atoms with Crippen molar-refractivity contribution in [3.8, 4) is 0 Å². The first-order valence-electron chi connectivity index (χ1n) is 9.14. The van der Waals surface area contributed by atoms with Crippen molar-refractivity contribution in [2.75, 3.05) is 13.1 Å². The number of carbonyl (C=O) groups excluding carboxylic acids is 1. The predicted molar refractivity (Wildman–Crippen MR) is 97.4 cm³/mol. The summed E-state index contributed by atoms with van der Waals surface area (Å²) in [6, 6.07) is 7.08. The van der Waals surface area contributed by atoms with Gasteiger partial charge in [-0.2, -0.15) is 0 Å². The molecule has 1 aromatic carbocycles. The number of pyridine rings is 1. The Balaban J connectivity index is 1.59. The number of hydrogen-bond acceptors (Lipinski definition) is 3. The molecule has 2 aromatic heterocycles. The van der Waals surface area contributed by atoms with Crippen molar-refractivity contribution in [2.24, 2.45) is 0 Å². The minimum absolute atomic E-state index is 0.0972. The third kappa shape index (κ3) is 3.18. The van der Waals surface area contributed by atoms with Crippen molar-refractivity contribution >= 4 is 17.1 Å². The quantitative estimate of drug-likeness (QED) is 0.703. The molecule has 140 valence electrons. The number of rotatable bonds is 4. The highest BCUT2D eigenvalue weighted by Gasteiger charge is 2.31. The molecule has 3 heterocycles. The zero-order chi connectivity index (χ0) is 19.0. The van der Waals surface area contributed by atoms with E-state index in [0.717, 1.165) is 48.5 Å². The zero-order valence-corrected chi connectivity index (χ0v) is 15.0. The number of fused-ring (bicyclic) bond motifs is 1. The van der Waals surface area contributed by atoms with Crippen LogP contribution in [0.25, 0.3) is 11.2 Å². The summed E-state index contributed by atoms with van der Waals surface area (Å²) in [5.74, 6) is -1.21. The third-order valence-electron chi connectivity index (χ3n) is 4.99. The fourth-order valence-electron chi connectivity index (χ4n) is 3.70. The van der Waals surface area contributed by atoms with Crippen LogP contribution in [0.5, 0.6) is 0 Å². The van der Waals surface area contributed by atoms with Gasteiger partial charge in [0.25, 0.3) is 5.91 Å². The van der Waals surface area contributed by atoms with Crippen LogP contribution in [0.15, 0.2) is 36.5 Å². The van der Waals surface area contributed by atoms with Crippen molar-refractivity contribution in [1.82, 2.24) is 19.4 Å². The van der Waals surface area contributed by atoms with Gasteiger partial charge in [0.1, 0.15) is 11.3 Å². The molecule has 0 spiro atoms. The minimum Gasteiger partial charge on any atom is -0.338 e. The minimum atomic E-state index is -1.01. The lowest BCUT2D eigenvalue weighted by molar-refractivity contribution is 0.0790. The molecular weight excluding hydrogens is 350 g/mol. The van der Waals surface area contributed by atoms with Gasteiger partial charge in [-0.05, 0) is 43.2 Å². The number of aromatic nitrogens is 3. The highest BCUT2D eigenvalue weighted by molar-refractivity contribution is 5.94. The van der Waals surface area contributed by atoms with Crippen molar-refractivity contribution in [3.63, 3.8) is 0 Å². The van der Waals surface area contributed by atoms with Crippen LogP contribution in [0.3, 0.4) is 0 Å². The highest BCUT2D eigenvalue weighted by atomic mass is 19.2. The van der Waals surface area contributed by atoms with E-state index in [1.54, 1.807) is 11.1 Å². The van der Waals surface area contributed by atoms with Crippen molar-refractivity contribution in [2.45, 2.75) is 32.2 Å². The average Bonchev–Trinajstić information content (AvgIpc) is 3.29. The number of nitrogens with zero attached hydrogens (tertiary/aromatic N) is 4. The second-order valence-corrected chi connectivity index (χ2v) is 6.83. The number of halogens is 2. The maximum absolute atomic E-state index is 13.5. The Morgan fingerprint density at radius 1 is 1.26 bits per heavy atom. The summed E-state index contributed by atoms with van der Waals surface area (Å²) in [6.07, 6.45) is 3.50. The second-order valence-electron chi connectivity index (χ2n) is 6.83. The first kappa shape index (κ1) is 17.6. The first-order chi connectivity index (χ1) is 13.1. The summed E-state index contributed by atoms with van der Waals surface area (Å²) in [5.41, 5.74) is 1.88. The van der Waals surface area contributed by atoms with E-state index >= 15 is 0 Å². The predicted octanol–water partition coefficient (Wildman–Crippen LogP) is 3.75. The molecule has 1 aliphatic heterocycles. The number of imidazole rings is 1. The fourth-order valence-corrected chi connectivity index (χ4v) is 3.70. The Bertz CT molecular complexity index is 1000. The van der Waals surface area contributed by atoms with Crippen LogP contribution in [0.1, 0.15) is 41.9 Å². The SMILES string of the molecule is CCCn1c([C@@H]2CCN(C(=O)c3ccc(F)c(F)c3)C2)nc2cccnc21. The van der Waals surface area contributed by atoms with E-state index in [1.807, 2.05) is 12.1 Å². The van der Waals surface area contributed by atoms with Crippen molar-refractivity contribution in [1.29, 1.82) is 0 Å². The summed E-state index contributed by atoms with van der Waals surface area (Å²) in [6.45, 7) is 3.98. The molecule has 27 heavy (non-hydrogen) atoms. The van der Waals surface area contributed by atoms with E-state index in [-0.39, 0.29) is 17.4 Å². The summed E-state index contributed by atoms with van der Waals surface area (Å²) in [5, 5.41) is 0. The van der Waals surface area contributed by atoms with E-state index in [1.165, 1.54) is 6.07 Å². The van der Waals surface area contributed by atoms with E-state index in [2.05, 4.69) is 16.5 Å². The molecule has 5 nitrogen and oxygen atoms in total. The van der Waals surface area contributed by atoms with E-state index < -0.39 is 11.6 Å². The molecule has 0 saturated carbocycles. The molecule has 1 fully saturated rings. The molecule has 0 N–H and O–H groups in total. The van der Waals surface area contributed by atoms with Gasteiger partial charge in [-0.3, -0.25) is 4.79 Å². The van der Waals surface area contributed by atoms with Gasteiger partial charge >= 0.3 is 0 Å². The molecule has 1 aliphatic rings. The highest BCUT2D eigenvalue weighted by Crippen LogP contribution is 2.30. The second kappa shape index (κ2) is 7.06. The first-order valence-corrected chi connectivity index (χ1v) is 9.14. The Morgan fingerprint density at radius 2 is 2.11 bits per heavy atom. The molecule has 0 aliphatic carbocycles. The standard InChI is InChI=1S/C20H20F2N4O/c1-2-9-26-18(24-17-4-3-8-23-19(17)26)14-7-10-25(12-14)20(27)13-5-6-15(21)16(22)11-13/h3-6,8,11,14H,2,7,9-10,12H2,1H3/t14-/m1/s1. The number of hydrogen-bond donors (Lipinski definition) is 0. The van der Waals surface area contributed by atoms with Crippen LogP contribution in [0, 0.1) is 11.6 Å². The van der Waals surface area contributed by atoms with Gasteiger partial charge in [0, 0.05) is 37.3 Å². The molecule has 7 heteroatoms. The number of aryl methyl sites for hydroxylation is 1. The van der Waals surface area contributed by atoms with Crippen molar-refractivity contribution in [3.05, 3.63) is 59.6 Å². The van der Waals surface area contributed by atoms with Crippen molar-refractivity contribution < 1.29 is 13.6 Å². The number of likely N-dealkylation sites (tertiary alicyclic amines) is 1. The lowest BCUT2D eigenvalue weighted by Gasteiger charge is -2.17. The van der Waals surface area contributed by atoms with Crippen LogP contribution >= 0.6 is 0 Å². The Kier molecular flexibility index (Phi) is 4.59. The Labute approximate surface area is 155 Å². The maximum Gasteiger partial charge on any atom is 0.253 e. The normalized spacial score (nSPS) is 17.0. The van der Waals surface area contributed by atoms with Crippen LogP contribution in [-0.4, -0.2) is 38.4 Å². The number of benzene rings is 1. The van der Waals surface area contributed by atoms with Gasteiger partial charge in [-0.1, -0.05) is 6.92 Å². The van der Waals surface area contributed by atoms with Gasteiger partial charge in [-0.15, -0.1) is 0 Å². The van der Waals surface area contributed by atoms with Gasteiger partial charge < -0.3 is 9.47 Å². The molecule has 1 saturated heterocycles. The smallest absolute Gasteiger partial charge is 0.253 e. The van der Waals surface area contributed by atoms with Crippen LogP contribution in [0.2, 0.25) is 0 Å². The van der Waals surface area contributed by atoms with Gasteiger partial charge in [0.15, 0.2) is 17.3 Å². The van der Waals surface area contributed by atoms with Crippen LogP contribution < -0.4 is 0 Å². The molecule has 0 bridgehead atoms. The number of carbonyl (C=O) groups is 1. The van der Waals surface area contributed by atoms with Crippen LogP contribution in [-0.2, 0) is 6.54 Å². The van der Waals surface area contributed by atoms with Gasteiger partial charge in [0.05, 0.1) is 0 Å². The molecule has 0 unspecified atom stereocenters. The molecule has 0 radical (unpaired) electrons. The van der Waals surface area contributed by atoms with E-state index in [4.69, 9.17) is 4.98 Å². The topological polar surface area (TPSA) is 51.0 Å². The molecule has 1 atom stereocenters. The molecule has 4 rings (SSSR count). The fraction of sp³-hybridized carbons (Fsp3) is 0.350. The van der Waals surface area contributed by atoms with Gasteiger partial charge in [0.2, 0.25) is 0 Å². The zero-order valence-electron chi connectivity index (χ0n) is 15.0. The monoisotopic (exact) mass is 370 g/mol. The Morgan fingerprint density at radius 3 is 2.89 bits per heavy atom. The van der Waals surface area contributed by atoms with E-state index in [9.17, 15) is 13.6 Å². The summed E-state index contributed by atoms with van der Waals surface area (Å²) in [4.78, 5) is 23.6. The maximum atomic E-state index is 13.5. The summed E-state index contributed by atoms with van der Waals surface area (Å²) < 4.78 is 28.7. The average molecular weight is 370 g/mol. The van der Waals surface area contributed by atoms with E-state index in [0.29, 0.717) is 13.1 Å².